The third-order valence-electron chi connectivity index (χ3n) is 2.91. The molecule has 0 saturated carbocycles. The highest BCUT2D eigenvalue weighted by Crippen LogP contribution is 2.26. The average Bonchev–Trinajstić information content (AvgIpc) is 2.51. The Hall–Kier alpha value is -3.07. The minimum absolute atomic E-state index is 0.0473. The molecule has 4 N–H and O–H groups in total. The predicted molar refractivity (Wildman–Crippen MR) is 88.4 cm³/mol. The van der Waals surface area contributed by atoms with Gasteiger partial charge in [-0.05, 0) is 36.4 Å². The number of phenols is 2. The highest BCUT2D eigenvalue weighted by Gasteiger charge is 2.12. The number of sulfonamides is 1. The maximum atomic E-state index is 12.1. The molecule has 24 heavy (non-hydrogen) atoms. The van der Waals surface area contributed by atoms with Crippen LogP contribution in [0.5, 0.6) is 11.5 Å². The Kier molecular flexibility index (Phi) is 5.05. The van der Waals surface area contributed by atoms with Gasteiger partial charge in [0, 0.05) is 18.2 Å². The van der Waals surface area contributed by atoms with Crippen molar-refractivity contribution in [2.75, 3.05) is 5.32 Å². The number of benzene rings is 2. The van der Waals surface area contributed by atoms with Crippen LogP contribution in [0.1, 0.15) is 12.5 Å². The summed E-state index contributed by atoms with van der Waals surface area (Å²) in [6, 6.07) is 9.74. The van der Waals surface area contributed by atoms with E-state index in [1.54, 1.807) is 0 Å². The maximum absolute atomic E-state index is 12.1. The van der Waals surface area contributed by atoms with Gasteiger partial charge in [-0.3, -0.25) is 4.79 Å². The number of hydrazone groups is 1. The van der Waals surface area contributed by atoms with E-state index in [1.807, 2.05) is 4.83 Å². The molecule has 0 aliphatic heterocycles. The van der Waals surface area contributed by atoms with Gasteiger partial charge in [-0.2, -0.15) is 13.5 Å². The van der Waals surface area contributed by atoms with Crippen LogP contribution in [0.15, 0.2) is 52.5 Å². The zero-order chi connectivity index (χ0) is 17.7. The molecule has 0 aromatic heterocycles. The fraction of sp³-hybridized carbons (Fsp3) is 0.0667. The molecule has 0 unspecified atom stereocenters. The van der Waals surface area contributed by atoms with Crippen LogP contribution in [-0.2, 0) is 14.8 Å². The first-order valence-electron chi connectivity index (χ1n) is 6.73. The third-order valence-corrected chi connectivity index (χ3v) is 4.15. The third kappa shape index (κ3) is 4.23. The number of nitrogens with one attached hydrogen (secondary N) is 2. The van der Waals surface area contributed by atoms with Gasteiger partial charge in [0.1, 0.15) is 0 Å². The van der Waals surface area contributed by atoms with Crippen molar-refractivity contribution in [3.05, 3.63) is 48.0 Å². The largest absolute Gasteiger partial charge is 0.504 e. The van der Waals surface area contributed by atoms with Crippen LogP contribution in [0.25, 0.3) is 0 Å². The van der Waals surface area contributed by atoms with Gasteiger partial charge in [0.25, 0.3) is 10.0 Å². The molecule has 2 aromatic rings. The van der Waals surface area contributed by atoms with E-state index < -0.39 is 15.8 Å². The fourth-order valence-electron chi connectivity index (χ4n) is 1.79. The first-order valence-corrected chi connectivity index (χ1v) is 8.21. The second kappa shape index (κ2) is 7.01. The molecule has 0 spiro atoms. The molecule has 0 heterocycles. The van der Waals surface area contributed by atoms with Crippen LogP contribution in [0, 0.1) is 0 Å². The van der Waals surface area contributed by atoms with Crippen molar-refractivity contribution in [2.24, 2.45) is 5.10 Å². The molecule has 8 nitrogen and oxygen atoms in total. The molecular formula is C15H15N3O5S. The van der Waals surface area contributed by atoms with Crippen molar-refractivity contribution in [2.45, 2.75) is 11.8 Å². The van der Waals surface area contributed by atoms with E-state index in [1.165, 1.54) is 49.4 Å². The van der Waals surface area contributed by atoms with Gasteiger partial charge in [0.05, 0.1) is 11.1 Å². The van der Waals surface area contributed by atoms with E-state index in [0.29, 0.717) is 5.69 Å². The molecule has 1 amide bonds. The Balaban J connectivity index is 2.12. The molecular weight excluding hydrogens is 334 g/mol. The van der Waals surface area contributed by atoms with E-state index >= 15 is 0 Å². The zero-order valence-electron chi connectivity index (χ0n) is 12.6. The Morgan fingerprint density at radius 3 is 2.42 bits per heavy atom. The molecule has 0 bridgehead atoms. The Morgan fingerprint density at radius 2 is 1.79 bits per heavy atom. The highest BCUT2D eigenvalue weighted by molar-refractivity contribution is 7.89. The van der Waals surface area contributed by atoms with Gasteiger partial charge in [-0.1, -0.05) is 6.07 Å². The lowest BCUT2D eigenvalue weighted by Gasteiger charge is -2.06. The maximum Gasteiger partial charge on any atom is 0.276 e. The van der Waals surface area contributed by atoms with E-state index in [-0.39, 0.29) is 22.1 Å². The normalized spacial score (nSPS) is 11.4. The molecule has 2 rings (SSSR count). The van der Waals surface area contributed by atoms with Gasteiger partial charge < -0.3 is 15.5 Å². The molecule has 0 aliphatic carbocycles. The second-order valence-electron chi connectivity index (χ2n) is 4.77. The zero-order valence-corrected chi connectivity index (χ0v) is 13.4. The SMILES string of the molecule is CC(=O)Nc1ccc(S(=O)(=O)N/N=C\c2cccc(O)c2O)cc1. The summed E-state index contributed by atoms with van der Waals surface area (Å²) in [6.07, 6.45) is 1.07. The topological polar surface area (TPSA) is 128 Å². The first kappa shape index (κ1) is 17.3. The number of para-hydroxylation sites is 1. The van der Waals surface area contributed by atoms with Crippen molar-refractivity contribution in [1.29, 1.82) is 0 Å². The van der Waals surface area contributed by atoms with Crippen LogP contribution in [0.3, 0.4) is 0 Å². The second-order valence-corrected chi connectivity index (χ2v) is 6.43. The molecule has 126 valence electrons. The lowest BCUT2D eigenvalue weighted by Crippen LogP contribution is -2.18. The van der Waals surface area contributed by atoms with Crippen LogP contribution in [0.2, 0.25) is 0 Å². The molecule has 0 fully saturated rings. The number of rotatable bonds is 5. The predicted octanol–water partition coefficient (Wildman–Crippen LogP) is 1.37. The molecule has 0 aliphatic rings. The standard InChI is InChI=1S/C15H15N3O5S/c1-10(19)17-12-5-7-13(8-6-12)24(22,23)18-16-9-11-3-2-4-14(20)15(11)21/h2-9,18,20-21H,1H3,(H,17,19)/b16-9-. The van der Waals surface area contributed by atoms with Crippen molar-refractivity contribution in [3.63, 3.8) is 0 Å². The molecule has 0 radical (unpaired) electrons. The summed E-state index contributed by atoms with van der Waals surface area (Å²) in [5.74, 6) is -1.00. The Bertz CT molecular complexity index is 876. The quantitative estimate of drug-likeness (QED) is 0.368. The summed E-state index contributed by atoms with van der Waals surface area (Å²) < 4.78 is 24.2. The monoisotopic (exact) mass is 349 g/mol. The smallest absolute Gasteiger partial charge is 0.276 e. The number of amides is 1. The summed E-state index contributed by atoms with van der Waals surface area (Å²) in [4.78, 5) is 12.9. The van der Waals surface area contributed by atoms with Gasteiger partial charge in [-0.25, -0.2) is 4.83 Å². The number of phenolic OH excluding ortho intramolecular Hbond substituents is 2. The van der Waals surface area contributed by atoms with E-state index in [2.05, 4.69) is 10.4 Å². The Morgan fingerprint density at radius 1 is 1.12 bits per heavy atom. The van der Waals surface area contributed by atoms with E-state index in [9.17, 15) is 23.4 Å². The molecule has 9 heteroatoms. The van der Waals surface area contributed by atoms with E-state index in [0.717, 1.165) is 6.21 Å². The number of anilines is 1. The Labute approximate surface area is 138 Å². The number of nitrogens with zero attached hydrogens (tertiary/aromatic N) is 1. The summed E-state index contributed by atoms with van der Waals surface area (Å²) >= 11 is 0. The average molecular weight is 349 g/mol. The first-order chi connectivity index (χ1) is 11.3. The lowest BCUT2D eigenvalue weighted by molar-refractivity contribution is -0.114. The van der Waals surface area contributed by atoms with E-state index in [4.69, 9.17) is 0 Å². The minimum atomic E-state index is -3.90. The van der Waals surface area contributed by atoms with Crippen molar-refractivity contribution >= 4 is 27.8 Å². The minimum Gasteiger partial charge on any atom is -0.504 e. The van der Waals surface area contributed by atoms with Gasteiger partial charge in [0.2, 0.25) is 5.91 Å². The lowest BCUT2D eigenvalue weighted by atomic mass is 10.2. The summed E-state index contributed by atoms with van der Waals surface area (Å²) in [5, 5.41) is 25.0. The number of hydrogen-bond acceptors (Lipinski definition) is 6. The van der Waals surface area contributed by atoms with Crippen molar-refractivity contribution in [3.8, 4) is 11.5 Å². The van der Waals surface area contributed by atoms with Crippen LogP contribution >= 0.6 is 0 Å². The van der Waals surface area contributed by atoms with Crippen LogP contribution < -0.4 is 10.1 Å². The summed E-state index contributed by atoms with van der Waals surface area (Å²) in [5.41, 5.74) is 0.619. The van der Waals surface area contributed by atoms with Gasteiger partial charge in [0.15, 0.2) is 11.5 Å². The number of aromatic hydroxyl groups is 2. The molecule has 2 aromatic carbocycles. The van der Waals surface area contributed by atoms with Gasteiger partial charge >= 0.3 is 0 Å². The van der Waals surface area contributed by atoms with Crippen LogP contribution in [0.4, 0.5) is 5.69 Å². The van der Waals surface area contributed by atoms with Crippen molar-refractivity contribution in [1.82, 2.24) is 4.83 Å². The molecule has 0 atom stereocenters. The molecule has 0 saturated heterocycles. The number of carbonyl (C=O) groups is 1. The number of carbonyl (C=O) groups excluding carboxylic acids is 1. The van der Waals surface area contributed by atoms with Gasteiger partial charge in [-0.15, -0.1) is 0 Å². The highest BCUT2D eigenvalue weighted by atomic mass is 32.2. The van der Waals surface area contributed by atoms with Crippen LogP contribution in [-0.4, -0.2) is 30.8 Å². The summed E-state index contributed by atoms with van der Waals surface area (Å²) in [7, 11) is -3.90. The number of hydrogen-bond donors (Lipinski definition) is 4. The summed E-state index contributed by atoms with van der Waals surface area (Å²) in [6.45, 7) is 1.34. The fourth-order valence-corrected chi connectivity index (χ4v) is 2.58. The van der Waals surface area contributed by atoms with Crippen molar-refractivity contribution < 1.29 is 23.4 Å².